The normalized spacial score (nSPS) is 10.8. The van der Waals surface area contributed by atoms with E-state index in [9.17, 15) is 4.79 Å². The zero-order valence-electron chi connectivity index (χ0n) is 11.6. The van der Waals surface area contributed by atoms with Crippen LogP contribution in [0.3, 0.4) is 0 Å². The van der Waals surface area contributed by atoms with Crippen LogP contribution in [0.15, 0.2) is 42.7 Å². The number of carbonyl (C=O) groups excluding carboxylic acids is 1. The fourth-order valence-electron chi connectivity index (χ4n) is 2.14. The third-order valence-corrected chi connectivity index (χ3v) is 3.63. The van der Waals surface area contributed by atoms with Gasteiger partial charge in [-0.2, -0.15) is 5.10 Å². The Morgan fingerprint density at radius 2 is 2.14 bits per heavy atom. The molecular weight excluding hydrogens is 288 g/mol. The highest BCUT2D eigenvalue weighted by Gasteiger charge is 2.11. The number of carbonyl (C=O) groups is 1. The minimum absolute atomic E-state index is 0.0193. The van der Waals surface area contributed by atoms with Crippen molar-refractivity contribution in [2.24, 2.45) is 0 Å². The van der Waals surface area contributed by atoms with E-state index in [4.69, 9.17) is 11.6 Å². The third-order valence-electron chi connectivity index (χ3n) is 3.36. The summed E-state index contributed by atoms with van der Waals surface area (Å²) in [5, 5.41) is 4.75. The van der Waals surface area contributed by atoms with Crippen molar-refractivity contribution in [1.82, 2.24) is 14.6 Å². The van der Waals surface area contributed by atoms with Crippen LogP contribution in [0.4, 0.5) is 5.69 Å². The molecule has 0 N–H and O–H groups in total. The first-order valence-electron chi connectivity index (χ1n) is 6.41. The standard InChI is InChI=1S/C15H13ClN4O/c1-10(21)19(2)12-5-3-4-11(8-12)14-6-7-17-15-13(16)9-18-20(14)15/h3-9H,1-2H3. The van der Waals surface area contributed by atoms with Gasteiger partial charge in [0.25, 0.3) is 0 Å². The molecule has 0 aliphatic rings. The molecule has 106 valence electrons. The number of anilines is 1. The second kappa shape index (κ2) is 5.18. The van der Waals surface area contributed by atoms with Gasteiger partial charge in [-0.25, -0.2) is 9.50 Å². The monoisotopic (exact) mass is 300 g/mol. The highest BCUT2D eigenvalue weighted by Crippen LogP contribution is 2.26. The lowest BCUT2D eigenvalue weighted by atomic mass is 10.1. The molecule has 0 radical (unpaired) electrons. The predicted molar refractivity (Wildman–Crippen MR) is 82.5 cm³/mol. The Morgan fingerprint density at radius 3 is 2.90 bits per heavy atom. The van der Waals surface area contributed by atoms with Gasteiger partial charge in [0.2, 0.25) is 5.91 Å². The van der Waals surface area contributed by atoms with Gasteiger partial charge in [-0.05, 0) is 18.2 Å². The van der Waals surface area contributed by atoms with Gasteiger partial charge < -0.3 is 4.90 Å². The number of hydrogen-bond donors (Lipinski definition) is 0. The maximum Gasteiger partial charge on any atom is 0.223 e. The summed E-state index contributed by atoms with van der Waals surface area (Å²) in [6.07, 6.45) is 3.26. The molecule has 3 rings (SSSR count). The molecule has 0 aliphatic carbocycles. The quantitative estimate of drug-likeness (QED) is 0.731. The number of aromatic nitrogens is 3. The van der Waals surface area contributed by atoms with Gasteiger partial charge in [0.1, 0.15) is 5.02 Å². The Morgan fingerprint density at radius 1 is 1.33 bits per heavy atom. The number of rotatable bonds is 2. The molecule has 1 amide bonds. The topological polar surface area (TPSA) is 50.5 Å². The second-order valence-electron chi connectivity index (χ2n) is 4.69. The highest BCUT2D eigenvalue weighted by molar-refractivity contribution is 6.33. The molecule has 1 aromatic carbocycles. The van der Waals surface area contributed by atoms with Crippen molar-refractivity contribution in [3.63, 3.8) is 0 Å². The Balaban J connectivity index is 2.15. The molecule has 0 unspecified atom stereocenters. The number of fused-ring (bicyclic) bond motifs is 1. The first-order chi connectivity index (χ1) is 10.1. The second-order valence-corrected chi connectivity index (χ2v) is 5.09. The highest BCUT2D eigenvalue weighted by atomic mass is 35.5. The lowest BCUT2D eigenvalue weighted by Crippen LogP contribution is -2.22. The third kappa shape index (κ3) is 2.36. The molecule has 2 aromatic heterocycles. The maximum absolute atomic E-state index is 11.5. The maximum atomic E-state index is 11.5. The van der Waals surface area contributed by atoms with Crippen molar-refractivity contribution in [3.05, 3.63) is 47.7 Å². The number of hydrogen-bond acceptors (Lipinski definition) is 3. The van der Waals surface area contributed by atoms with Crippen molar-refractivity contribution in [2.75, 3.05) is 11.9 Å². The Labute approximate surface area is 126 Å². The van der Waals surface area contributed by atoms with Gasteiger partial charge in [-0.1, -0.05) is 23.7 Å². The van der Waals surface area contributed by atoms with E-state index >= 15 is 0 Å². The predicted octanol–water partition coefficient (Wildman–Crippen LogP) is 3.03. The summed E-state index contributed by atoms with van der Waals surface area (Å²) < 4.78 is 1.69. The lowest BCUT2D eigenvalue weighted by Gasteiger charge is -2.16. The Bertz CT molecular complexity index is 827. The minimum atomic E-state index is -0.0193. The van der Waals surface area contributed by atoms with E-state index in [1.807, 2.05) is 30.3 Å². The van der Waals surface area contributed by atoms with Crippen molar-refractivity contribution < 1.29 is 4.79 Å². The molecule has 0 spiro atoms. The zero-order chi connectivity index (χ0) is 15.0. The molecule has 21 heavy (non-hydrogen) atoms. The van der Waals surface area contributed by atoms with Crippen LogP contribution in [0.5, 0.6) is 0 Å². The molecular formula is C15H13ClN4O. The van der Waals surface area contributed by atoms with E-state index in [-0.39, 0.29) is 5.91 Å². The van der Waals surface area contributed by atoms with Crippen LogP contribution in [-0.4, -0.2) is 27.6 Å². The number of halogens is 1. The van der Waals surface area contributed by atoms with E-state index in [0.717, 1.165) is 16.9 Å². The molecule has 0 saturated carbocycles. The van der Waals surface area contributed by atoms with Crippen LogP contribution in [0, 0.1) is 0 Å². The van der Waals surface area contributed by atoms with Crippen LogP contribution < -0.4 is 4.90 Å². The van der Waals surface area contributed by atoms with Crippen LogP contribution in [0.2, 0.25) is 5.02 Å². The van der Waals surface area contributed by atoms with Crippen LogP contribution in [0.1, 0.15) is 6.92 Å². The largest absolute Gasteiger partial charge is 0.316 e. The van der Waals surface area contributed by atoms with Crippen LogP contribution >= 0.6 is 11.6 Å². The summed E-state index contributed by atoms with van der Waals surface area (Å²) in [6, 6.07) is 9.55. The Hall–Kier alpha value is -2.40. The molecule has 0 aliphatic heterocycles. The number of nitrogens with zero attached hydrogens (tertiary/aromatic N) is 4. The van der Waals surface area contributed by atoms with E-state index in [1.165, 1.54) is 6.92 Å². The summed E-state index contributed by atoms with van der Waals surface area (Å²) in [6.45, 7) is 1.53. The summed E-state index contributed by atoms with van der Waals surface area (Å²) in [5.41, 5.74) is 3.24. The molecule has 0 bridgehead atoms. The fourth-order valence-corrected chi connectivity index (χ4v) is 2.31. The van der Waals surface area contributed by atoms with Gasteiger partial charge in [-0.15, -0.1) is 0 Å². The zero-order valence-corrected chi connectivity index (χ0v) is 12.4. The van der Waals surface area contributed by atoms with Gasteiger partial charge in [0.15, 0.2) is 5.65 Å². The Kier molecular flexibility index (Phi) is 3.35. The van der Waals surface area contributed by atoms with E-state index in [1.54, 1.807) is 28.9 Å². The molecule has 2 heterocycles. The summed E-state index contributed by atoms with van der Waals surface area (Å²) in [5.74, 6) is -0.0193. The SMILES string of the molecule is CC(=O)N(C)c1cccc(-c2ccnc3c(Cl)cnn23)c1. The van der Waals surface area contributed by atoms with E-state index in [0.29, 0.717) is 10.7 Å². The van der Waals surface area contributed by atoms with Crippen molar-refractivity contribution >= 4 is 28.8 Å². The van der Waals surface area contributed by atoms with Gasteiger partial charge in [-0.3, -0.25) is 4.79 Å². The number of amides is 1. The minimum Gasteiger partial charge on any atom is -0.316 e. The van der Waals surface area contributed by atoms with Crippen molar-refractivity contribution in [1.29, 1.82) is 0 Å². The van der Waals surface area contributed by atoms with Gasteiger partial charge >= 0.3 is 0 Å². The molecule has 5 nitrogen and oxygen atoms in total. The summed E-state index contributed by atoms with van der Waals surface area (Å²) in [7, 11) is 1.74. The smallest absolute Gasteiger partial charge is 0.223 e. The molecule has 0 saturated heterocycles. The van der Waals surface area contributed by atoms with Gasteiger partial charge in [0.05, 0.1) is 11.9 Å². The first-order valence-corrected chi connectivity index (χ1v) is 6.78. The number of benzene rings is 1. The van der Waals surface area contributed by atoms with E-state index in [2.05, 4.69) is 10.1 Å². The van der Waals surface area contributed by atoms with Crippen LogP contribution in [-0.2, 0) is 4.79 Å². The lowest BCUT2D eigenvalue weighted by molar-refractivity contribution is -0.116. The first kappa shape index (κ1) is 13.6. The summed E-state index contributed by atoms with van der Waals surface area (Å²) in [4.78, 5) is 17.3. The summed E-state index contributed by atoms with van der Waals surface area (Å²) >= 11 is 6.06. The molecule has 3 aromatic rings. The van der Waals surface area contributed by atoms with E-state index < -0.39 is 0 Å². The van der Waals surface area contributed by atoms with Crippen molar-refractivity contribution in [3.8, 4) is 11.3 Å². The molecule has 0 atom stereocenters. The average molecular weight is 301 g/mol. The van der Waals surface area contributed by atoms with Gasteiger partial charge in [0, 0.05) is 31.4 Å². The molecule has 0 fully saturated rings. The average Bonchev–Trinajstić information content (AvgIpc) is 2.88. The fraction of sp³-hybridized carbons (Fsp3) is 0.133. The van der Waals surface area contributed by atoms with Crippen LogP contribution in [0.25, 0.3) is 16.9 Å². The molecule has 6 heteroatoms. The van der Waals surface area contributed by atoms with Crippen molar-refractivity contribution in [2.45, 2.75) is 6.92 Å².